The molecule has 9 heteroatoms. The molecule has 0 aliphatic carbocycles. The molecule has 1 rings (SSSR count). The molecule has 0 aliphatic rings. The van der Waals surface area contributed by atoms with Crippen LogP contribution in [0.15, 0.2) is 0 Å². The molecule has 0 spiro atoms. The smallest absolute Gasteiger partial charge is 0.422 e. The van der Waals surface area contributed by atoms with E-state index in [1.54, 1.807) is 0 Å². The van der Waals surface area contributed by atoms with Gasteiger partial charge in [-0.1, -0.05) is 0 Å². The van der Waals surface area contributed by atoms with Crippen molar-refractivity contribution in [2.24, 2.45) is 0 Å². The van der Waals surface area contributed by atoms with Crippen LogP contribution >= 0.6 is 11.6 Å². The molecule has 0 unspecified atom stereocenters. The van der Waals surface area contributed by atoms with Gasteiger partial charge in [-0.3, -0.25) is 0 Å². The Hall–Kier alpha value is -1.31. The molecule has 1 aromatic heterocycles. The van der Waals surface area contributed by atoms with Crippen LogP contribution in [0.4, 0.5) is 19.1 Å². The maximum Gasteiger partial charge on any atom is 0.422 e. The number of hydrogen-bond acceptors (Lipinski definition) is 5. The van der Waals surface area contributed by atoms with Crippen LogP contribution in [-0.4, -0.2) is 27.7 Å². The second kappa shape index (κ2) is 3.82. The third kappa shape index (κ3) is 3.60. The van der Waals surface area contributed by atoms with Gasteiger partial charge >= 0.3 is 12.2 Å². The summed E-state index contributed by atoms with van der Waals surface area (Å²) in [6.07, 6.45) is -4.46. The van der Waals surface area contributed by atoms with Gasteiger partial charge < -0.3 is 10.5 Å². The van der Waals surface area contributed by atoms with Gasteiger partial charge in [-0.15, -0.1) is 0 Å². The fourth-order valence-electron chi connectivity index (χ4n) is 0.557. The van der Waals surface area contributed by atoms with Gasteiger partial charge in [0.2, 0.25) is 11.2 Å². The van der Waals surface area contributed by atoms with Crippen molar-refractivity contribution in [2.45, 2.75) is 6.18 Å². The highest BCUT2D eigenvalue weighted by atomic mass is 35.5. The fourth-order valence-corrected chi connectivity index (χ4v) is 0.716. The molecular weight excluding hydrogens is 225 g/mol. The molecule has 2 N–H and O–H groups in total. The largest absolute Gasteiger partial charge is 0.454 e. The van der Waals surface area contributed by atoms with E-state index < -0.39 is 18.8 Å². The Bertz CT molecular complexity index is 311. The average molecular weight is 229 g/mol. The molecule has 1 heterocycles. The molecule has 0 saturated carbocycles. The summed E-state index contributed by atoms with van der Waals surface area (Å²) in [4.78, 5) is 9.90. The zero-order valence-electron chi connectivity index (χ0n) is 6.55. The van der Waals surface area contributed by atoms with Crippen molar-refractivity contribution >= 4 is 17.5 Å². The molecule has 0 saturated heterocycles. The summed E-state index contributed by atoms with van der Waals surface area (Å²) in [5, 5.41) is -0.324. The molecule has 0 radical (unpaired) electrons. The van der Waals surface area contributed by atoms with Crippen molar-refractivity contribution in [3.63, 3.8) is 0 Å². The van der Waals surface area contributed by atoms with Gasteiger partial charge in [0.1, 0.15) is 0 Å². The second-order valence-electron chi connectivity index (χ2n) is 2.15. The number of hydrogen-bond donors (Lipinski definition) is 1. The van der Waals surface area contributed by atoms with Crippen LogP contribution in [-0.2, 0) is 0 Å². The Labute approximate surface area is 81.1 Å². The number of nitrogens with zero attached hydrogens (tertiary/aromatic N) is 3. The van der Waals surface area contributed by atoms with Crippen molar-refractivity contribution in [3.8, 4) is 6.01 Å². The van der Waals surface area contributed by atoms with Crippen LogP contribution in [0.3, 0.4) is 0 Å². The zero-order valence-corrected chi connectivity index (χ0v) is 7.30. The Kier molecular flexibility index (Phi) is 2.94. The first kappa shape index (κ1) is 10.8. The number of nitrogen functional groups attached to an aromatic ring is 1. The van der Waals surface area contributed by atoms with Crippen LogP contribution in [0, 0.1) is 0 Å². The summed E-state index contributed by atoms with van der Waals surface area (Å²) in [5.41, 5.74) is 5.09. The number of anilines is 1. The first-order valence-electron chi connectivity index (χ1n) is 3.23. The number of rotatable bonds is 2. The lowest BCUT2D eigenvalue weighted by molar-refractivity contribution is -0.154. The molecule has 0 bridgehead atoms. The molecule has 0 aliphatic heterocycles. The van der Waals surface area contributed by atoms with Crippen molar-refractivity contribution in [1.29, 1.82) is 0 Å². The van der Waals surface area contributed by atoms with E-state index in [9.17, 15) is 13.2 Å². The molecule has 1 aromatic rings. The fraction of sp³-hybridized carbons (Fsp3) is 0.400. The monoisotopic (exact) mass is 228 g/mol. The standard InChI is InChI=1S/C5H4ClF3N4O/c6-2-11-3(10)13-4(12-2)14-1-5(7,8)9/h1H2,(H2,10,11,12,13). The van der Waals surface area contributed by atoms with Crippen molar-refractivity contribution in [1.82, 2.24) is 15.0 Å². The van der Waals surface area contributed by atoms with E-state index in [0.29, 0.717) is 0 Å². The maximum absolute atomic E-state index is 11.7. The van der Waals surface area contributed by atoms with Crippen LogP contribution < -0.4 is 10.5 Å². The first-order chi connectivity index (χ1) is 6.37. The van der Waals surface area contributed by atoms with Crippen molar-refractivity contribution in [2.75, 3.05) is 12.3 Å². The molecule has 14 heavy (non-hydrogen) atoms. The molecule has 5 nitrogen and oxygen atoms in total. The SMILES string of the molecule is Nc1nc(Cl)nc(OCC(F)(F)F)n1. The van der Waals surface area contributed by atoms with Gasteiger partial charge in [0.15, 0.2) is 6.61 Å². The Morgan fingerprint density at radius 2 is 1.93 bits per heavy atom. The van der Waals surface area contributed by atoms with Gasteiger partial charge in [-0.25, -0.2) is 0 Å². The molecule has 78 valence electrons. The lowest BCUT2D eigenvalue weighted by atomic mass is 10.7. The number of aromatic nitrogens is 3. The van der Waals surface area contributed by atoms with Crippen LogP contribution in [0.2, 0.25) is 5.28 Å². The van der Waals surface area contributed by atoms with Gasteiger partial charge in [0.25, 0.3) is 0 Å². The summed E-state index contributed by atoms with van der Waals surface area (Å²) in [6, 6.07) is -0.556. The third-order valence-electron chi connectivity index (χ3n) is 0.970. The third-order valence-corrected chi connectivity index (χ3v) is 1.14. The minimum atomic E-state index is -4.46. The van der Waals surface area contributed by atoms with E-state index in [-0.39, 0.29) is 11.2 Å². The second-order valence-corrected chi connectivity index (χ2v) is 2.49. The molecule has 0 atom stereocenters. The topological polar surface area (TPSA) is 73.9 Å². The lowest BCUT2D eigenvalue weighted by Gasteiger charge is -2.07. The number of halogens is 4. The summed E-state index contributed by atoms with van der Waals surface area (Å²) >= 11 is 5.30. The zero-order chi connectivity index (χ0) is 10.8. The van der Waals surface area contributed by atoms with Crippen molar-refractivity contribution in [3.05, 3.63) is 5.28 Å². The molecule has 0 amide bonds. The minimum Gasteiger partial charge on any atom is -0.454 e. The highest BCUT2D eigenvalue weighted by Gasteiger charge is 2.29. The van der Waals surface area contributed by atoms with Crippen LogP contribution in [0.5, 0.6) is 6.01 Å². The van der Waals surface area contributed by atoms with Gasteiger partial charge in [0, 0.05) is 0 Å². The van der Waals surface area contributed by atoms with Crippen LogP contribution in [0.25, 0.3) is 0 Å². The highest BCUT2D eigenvalue weighted by Crippen LogP contribution is 2.16. The first-order valence-corrected chi connectivity index (χ1v) is 3.61. The average Bonchev–Trinajstić information content (AvgIpc) is 1.97. The van der Waals surface area contributed by atoms with E-state index in [4.69, 9.17) is 17.3 Å². The van der Waals surface area contributed by atoms with E-state index in [2.05, 4.69) is 19.7 Å². The van der Waals surface area contributed by atoms with Gasteiger partial charge in [0.05, 0.1) is 0 Å². The Balaban J connectivity index is 2.68. The van der Waals surface area contributed by atoms with E-state index in [1.165, 1.54) is 0 Å². The Morgan fingerprint density at radius 1 is 1.29 bits per heavy atom. The summed E-state index contributed by atoms with van der Waals surface area (Å²) in [5.74, 6) is -0.304. The summed E-state index contributed by atoms with van der Waals surface area (Å²) < 4.78 is 39.2. The van der Waals surface area contributed by atoms with Gasteiger partial charge in [-0.2, -0.15) is 28.1 Å². The molecule has 0 fully saturated rings. The lowest BCUT2D eigenvalue weighted by Crippen LogP contribution is -2.20. The van der Waals surface area contributed by atoms with E-state index in [0.717, 1.165) is 0 Å². The van der Waals surface area contributed by atoms with E-state index in [1.807, 2.05) is 0 Å². The predicted octanol–water partition coefficient (Wildman–Crippen LogP) is 1.05. The Morgan fingerprint density at radius 3 is 2.43 bits per heavy atom. The van der Waals surface area contributed by atoms with Crippen molar-refractivity contribution < 1.29 is 17.9 Å². The molecular formula is C5H4ClF3N4O. The maximum atomic E-state index is 11.7. The van der Waals surface area contributed by atoms with E-state index >= 15 is 0 Å². The number of nitrogens with two attached hydrogens (primary N) is 1. The predicted molar refractivity (Wildman–Crippen MR) is 40.8 cm³/mol. The van der Waals surface area contributed by atoms with Gasteiger partial charge in [-0.05, 0) is 11.6 Å². The number of alkyl halides is 3. The normalized spacial score (nSPS) is 11.4. The summed E-state index contributed by atoms with van der Waals surface area (Å²) in [6.45, 7) is -1.51. The van der Waals surface area contributed by atoms with Crippen LogP contribution in [0.1, 0.15) is 0 Å². The minimum absolute atomic E-state index is 0.304. The quantitative estimate of drug-likeness (QED) is 0.819. The summed E-state index contributed by atoms with van der Waals surface area (Å²) in [7, 11) is 0. The molecule has 0 aromatic carbocycles. The highest BCUT2D eigenvalue weighted by molar-refractivity contribution is 6.28. The number of ether oxygens (including phenoxy) is 1.